The zero-order chi connectivity index (χ0) is 16.5. The van der Waals surface area contributed by atoms with Crippen LogP contribution in [0, 0.1) is 11.3 Å². The minimum Gasteiger partial charge on any atom is -0.324 e. The highest BCUT2D eigenvalue weighted by molar-refractivity contribution is 7.89. The molecule has 0 atom stereocenters. The van der Waals surface area contributed by atoms with Crippen LogP contribution in [-0.4, -0.2) is 20.5 Å². The van der Waals surface area contributed by atoms with Crippen molar-refractivity contribution in [2.75, 3.05) is 6.54 Å². The van der Waals surface area contributed by atoms with Crippen LogP contribution in [-0.2, 0) is 16.2 Å². The van der Waals surface area contributed by atoms with Crippen LogP contribution in [0.2, 0.25) is 0 Å². The van der Waals surface area contributed by atoms with Crippen molar-refractivity contribution in [2.24, 2.45) is 5.73 Å². The smallest absolute Gasteiger partial charge is 0.324 e. The highest BCUT2D eigenvalue weighted by Crippen LogP contribution is 2.32. The van der Waals surface area contributed by atoms with Gasteiger partial charge < -0.3 is 5.73 Å². The molecule has 0 saturated heterocycles. The number of nitriles is 1. The average Bonchev–Trinajstić information content (AvgIpc) is 2.34. The second kappa shape index (κ2) is 6.83. The summed E-state index contributed by atoms with van der Waals surface area (Å²) in [6.07, 6.45) is -4.72. The van der Waals surface area contributed by atoms with Crippen LogP contribution < -0.4 is 10.5 Å². The third kappa shape index (κ3) is 5.46. The Kier molecular flexibility index (Phi) is 6.41. The van der Waals surface area contributed by atoms with Crippen molar-refractivity contribution in [1.29, 1.82) is 5.26 Å². The highest BCUT2D eigenvalue weighted by atomic mass is 35.5. The summed E-state index contributed by atoms with van der Waals surface area (Å²) in [6, 6.07) is 3.41. The fourth-order valence-corrected chi connectivity index (χ4v) is 2.64. The molecule has 0 fully saturated rings. The number of halogens is 4. The van der Waals surface area contributed by atoms with E-state index in [2.05, 4.69) is 4.72 Å². The van der Waals surface area contributed by atoms with Crippen molar-refractivity contribution in [2.45, 2.75) is 30.5 Å². The number of nitrogens with zero attached hydrogens (tertiary/aromatic N) is 1. The maximum atomic E-state index is 12.6. The zero-order valence-electron chi connectivity index (χ0n) is 11.7. The Morgan fingerprint density at radius 1 is 1.32 bits per heavy atom. The van der Waals surface area contributed by atoms with E-state index in [1.807, 2.05) is 0 Å². The van der Waals surface area contributed by atoms with Gasteiger partial charge in [0.2, 0.25) is 10.0 Å². The number of hydrogen-bond acceptors (Lipinski definition) is 4. The predicted molar refractivity (Wildman–Crippen MR) is 76.9 cm³/mol. The topological polar surface area (TPSA) is 96.0 Å². The lowest BCUT2D eigenvalue weighted by atomic mass is 10.1. The van der Waals surface area contributed by atoms with E-state index < -0.39 is 37.8 Å². The van der Waals surface area contributed by atoms with Gasteiger partial charge in [-0.25, -0.2) is 13.1 Å². The Balaban J connectivity index is 0.00000441. The van der Waals surface area contributed by atoms with Gasteiger partial charge >= 0.3 is 6.18 Å². The SMILES string of the molecule is CC(C)(N)CNS(=O)(=O)c1ccc(C(F)(F)F)c(C#N)c1.Cl. The molecule has 0 aliphatic rings. The van der Waals surface area contributed by atoms with Gasteiger partial charge in [-0.2, -0.15) is 18.4 Å². The van der Waals surface area contributed by atoms with Crippen LogP contribution in [0.3, 0.4) is 0 Å². The summed E-state index contributed by atoms with van der Waals surface area (Å²) < 4.78 is 64.0. The Bertz CT molecular complexity index is 676. The van der Waals surface area contributed by atoms with Crippen LogP contribution in [0.4, 0.5) is 13.2 Å². The van der Waals surface area contributed by atoms with Gasteiger partial charge in [-0.05, 0) is 32.0 Å². The molecule has 0 heterocycles. The summed E-state index contributed by atoms with van der Waals surface area (Å²) in [5.74, 6) is 0. The number of nitrogens with two attached hydrogens (primary N) is 1. The Labute approximate surface area is 132 Å². The maximum Gasteiger partial charge on any atom is 0.417 e. The van der Waals surface area contributed by atoms with Crippen molar-refractivity contribution in [3.63, 3.8) is 0 Å². The molecule has 0 saturated carbocycles. The molecule has 124 valence electrons. The van der Waals surface area contributed by atoms with Gasteiger partial charge in [0.1, 0.15) is 0 Å². The molecule has 0 aliphatic carbocycles. The standard InChI is InChI=1S/C12H14F3N3O2S.ClH/c1-11(2,17)7-18-21(19,20)9-3-4-10(12(13,14)15)8(5-9)6-16;/h3-5,18H,7,17H2,1-2H3;1H. The van der Waals surface area contributed by atoms with Crippen LogP contribution in [0.15, 0.2) is 23.1 Å². The molecule has 1 aromatic carbocycles. The largest absolute Gasteiger partial charge is 0.417 e. The number of nitrogens with one attached hydrogen (secondary N) is 1. The molecule has 0 amide bonds. The molecule has 0 radical (unpaired) electrons. The minimum atomic E-state index is -4.72. The van der Waals surface area contributed by atoms with Gasteiger partial charge in [-0.3, -0.25) is 0 Å². The molecule has 3 N–H and O–H groups in total. The van der Waals surface area contributed by atoms with Gasteiger partial charge in [0.05, 0.1) is 22.1 Å². The lowest BCUT2D eigenvalue weighted by Crippen LogP contribution is -2.45. The third-order valence-electron chi connectivity index (χ3n) is 2.44. The summed E-state index contributed by atoms with van der Waals surface area (Å²) in [6.45, 7) is 3.07. The Morgan fingerprint density at radius 3 is 2.27 bits per heavy atom. The molecule has 5 nitrogen and oxygen atoms in total. The highest BCUT2D eigenvalue weighted by Gasteiger charge is 2.34. The van der Waals surface area contributed by atoms with Crippen molar-refractivity contribution in [3.05, 3.63) is 29.3 Å². The summed E-state index contributed by atoms with van der Waals surface area (Å²) in [5, 5.41) is 8.75. The van der Waals surface area contributed by atoms with Crippen LogP contribution in [0.5, 0.6) is 0 Å². The summed E-state index contributed by atoms with van der Waals surface area (Å²) in [7, 11) is -4.04. The fraction of sp³-hybridized carbons (Fsp3) is 0.417. The van der Waals surface area contributed by atoms with E-state index in [1.165, 1.54) is 6.07 Å². The Morgan fingerprint density at radius 2 is 1.86 bits per heavy atom. The predicted octanol–water partition coefficient (Wildman–Crippen LogP) is 2.01. The molecule has 22 heavy (non-hydrogen) atoms. The normalized spacial score (nSPS) is 12.4. The van der Waals surface area contributed by atoms with Crippen molar-refractivity contribution < 1.29 is 21.6 Å². The minimum absolute atomic E-state index is 0. The van der Waals surface area contributed by atoms with Gasteiger partial charge in [0.15, 0.2) is 0 Å². The summed E-state index contributed by atoms with van der Waals surface area (Å²) >= 11 is 0. The first kappa shape index (κ1) is 20.7. The van der Waals surface area contributed by atoms with Gasteiger partial charge in [0.25, 0.3) is 0 Å². The average molecular weight is 358 g/mol. The first-order valence-electron chi connectivity index (χ1n) is 5.77. The molecule has 0 aliphatic heterocycles. The van der Waals surface area contributed by atoms with E-state index in [9.17, 15) is 21.6 Å². The second-order valence-electron chi connectivity index (χ2n) is 5.13. The first-order valence-corrected chi connectivity index (χ1v) is 7.25. The van der Waals surface area contributed by atoms with E-state index >= 15 is 0 Å². The van der Waals surface area contributed by atoms with E-state index in [4.69, 9.17) is 11.0 Å². The summed E-state index contributed by atoms with van der Waals surface area (Å²) in [5.41, 5.74) is 2.88. The molecule has 0 aromatic heterocycles. The number of alkyl halides is 3. The second-order valence-corrected chi connectivity index (χ2v) is 6.90. The molecular weight excluding hydrogens is 343 g/mol. The van der Waals surface area contributed by atoms with Gasteiger partial charge in [-0.1, -0.05) is 0 Å². The van der Waals surface area contributed by atoms with Crippen LogP contribution in [0.1, 0.15) is 25.0 Å². The Hall–Kier alpha value is -1.34. The fourth-order valence-electron chi connectivity index (χ4n) is 1.39. The molecule has 0 unspecified atom stereocenters. The third-order valence-corrected chi connectivity index (χ3v) is 3.84. The van der Waals surface area contributed by atoms with Gasteiger partial charge in [0, 0.05) is 12.1 Å². The van der Waals surface area contributed by atoms with E-state index in [0.29, 0.717) is 12.1 Å². The van der Waals surface area contributed by atoms with Crippen molar-refractivity contribution in [1.82, 2.24) is 4.72 Å². The number of sulfonamides is 1. The van der Waals surface area contributed by atoms with Crippen molar-refractivity contribution in [3.8, 4) is 6.07 Å². The number of hydrogen-bond donors (Lipinski definition) is 2. The molecule has 10 heteroatoms. The molecular formula is C12H15ClF3N3O2S. The molecule has 1 rings (SSSR count). The zero-order valence-corrected chi connectivity index (χ0v) is 13.4. The van der Waals surface area contributed by atoms with Crippen LogP contribution >= 0.6 is 12.4 Å². The van der Waals surface area contributed by atoms with Crippen LogP contribution in [0.25, 0.3) is 0 Å². The van der Waals surface area contributed by atoms with Gasteiger partial charge in [-0.15, -0.1) is 12.4 Å². The monoisotopic (exact) mass is 357 g/mol. The van der Waals surface area contributed by atoms with Crippen molar-refractivity contribution >= 4 is 22.4 Å². The quantitative estimate of drug-likeness (QED) is 0.861. The molecule has 0 spiro atoms. The summed E-state index contributed by atoms with van der Waals surface area (Å²) in [4.78, 5) is -0.420. The lowest BCUT2D eigenvalue weighted by Gasteiger charge is -2.19. The van der Waals surface area contributed by atoms with E-state index in [-0.39, 0.29) is 19.0 Å². The lowest BCUT2D eigenvalue weighted by molar-refractivity contribution is -0.137. The maximum absolute atomic E-state index is 12.6. The molecule has 1 aromatic rings. The van der Waals surface area contributed by atoms with E-state index in [1.54, 1.807) is 13.8 Å². The number of rotatable bonds is 4. The first-order chi connectivity index (χ1) is 9.37. The molecule has 0 bridgehead atoms. The van der Waals surface area contributed by atoms with E-state index in [0.717, 1.165) is 6.07 Å². The number of benzene rings is 1.